The van der Waals surface area contributed by atoms with Crippen molar-refractivity contribution in [2.45, 2.75) is 81.6 Å². The van der Waals surface area contributed by atoms with Gasteiger partial charge in [0.15, 0.2) is 0 Å². The van der Waals surface area contributed by atoms with Gasteiger partial charge in [-0.05, 0) is 135 Å². The molecule has 0 N–H and O–H groups in total. The molecular formula is C52H52N2. The van der Waals surface area contributed by atoms with Crippen LogP contribution in [-0.2, 0) is 5.41 Å². The van der Waals surface area contributed by atoms with Crippen LogP contribution < -0.4 is 9.80 Å². The minimum absolute atomic E-state index is 0.0340. The van der Waals surface area contributed by atoms with Gasteiger partial charge in [0.1, 0.15) is 0 Å². The Kier molecular flexibility index (Phi) is 8.57. The lowest BCUT2D eigenvalue weighted by molar-refractivity contribution is 0.591. The van der Waals surface area contributed by atoms with Crippen LogP contribution in [0.2, 0.25) is 0 Å². The Hall–Kier alpha value is -5.60. The first-order valence-electron chi connectivity index (χ1n) is 19.3. The van der Waals surface area contributed by atoms with Crippen LogP contribution in [0.3, 0.4) is 0 Å². The Morgan fingerprint density at radius 1 is 0.333 bits per heavy atom. The van der Waals surface area contributed by atoms with E-state index in [0.29, 0.717) is 0 Å². The van der Waals surface area contributed by atoms with E-state index >= 15 is 0 Å². The average molecular weight is 705 g/mol. The van der Waals surface area contributed by atoms with Gasteiger partial charge in [0.2, 0.25) is 0 Å². The summed E-state index contributed by atoms with van der Waals surface area (Å²) in [6, 6.07) is 44.3. The molecule has 0 saturated heterocycles. The molecule has 0 atom stereocenters. The fourth-order valence-electron chi connectivity index (χ4n) is 8.69. The summed E-state index contributed by atoms with van der Waals surface area (Å²) in [5.74, 6) is 0. The van der Waals surface area contributed by atoms with E-state index < -0.39 is 0 Å². The van der Waals surface area contributed by atoms with Crippen molar-refractivity contribution in [2.75, 3.05) is 9.80 Å². The van der Waals surface area contributed by atoms with E-state index in [2.05, 4.69) is 201 Å². The molecule has 0 aliphatic carbocycles. The minimum Gasteiger partial charge on any atom is -0.309 e. The zero-order valence-corrected chi connectivity index (χ0v) is 33.9. The zero-order valence-electron chi connectivity index (χ0n) is 33.9. The molecular weight excluding hydrogens is 653 g/mol. The van der Waals surface area contributed by atoms with Crippen LogP contribution in [0.4, 0.5) is 34.1 Å². The molecule has 0 fully saturated rings. The van der Waals surface area contributed by atoms with E-state index in [1.54, 1.807) is 0 Å². The quantitative estimate of drug-likeness (QED) is 0.159. The molecule has 0 spiro atoms. The van der Waals surface area contributed by atoms with E-state index in [1.807, 2.05) is 0 Å². The number of hydrogen-bond donors (Lipinski definition) is 0. The fourth-order valence-corrected chi connectivity index (χ4v) is 8.69. The van der Waals surface area contributed by atoms with Crippen molar-refractivity contribution < 1.29 is 0 Å². The molecule has 0 aliphatic heterocycles. The lowest BCUT2D eigenvalue weighted by Gasteiger charge is -2.34. The molecule has 0 heterocycles. The summed E-state index contributed by atoms with van der Waals surface area (Å²) >= 11 is 0. The first kappa shape index (κ1) is 35.4. The molecule has 8 rings (SSSR count). The van der Waals surface area contributed by atoms with Gasteiger partial charge in [0, 0.05) is 38.9 Å². The van der Waals surface area contributed by atoms with Gasteiger partial charge in [-0.3, -0.25) is 0 Å². The maximum absolute atomic E-state index is 2.53. The van der Waals surface area contributed by atoms with Crippen molar-refractivity contribution in [3.05, 3.63) is 165 Å². The number of benzene rings is 8. The van der Waals surface area contributed by atoms with Crippen molar-refractivity contribution in [2.24, 2.45) is 0 Å². The SMILES string of the molecule is Cc1ccc(N(c2ccc(C)cc2C)c2cc(N(c3ccc(C)cc3C)c3ccc(C)cc3C)c3ccc4cc(C(C)(C)C)cc5ccc2c3c54)c(C)c1. The molecule has 54 heavy (non-hydrogen) atoms. The van der Waals surface area contributed by atoms with Crippen molar-refractivity contribution in [3.63, 3.8) is 0 Å². The average Bonchev–Trinajstić information content (AvgIpc) is 3.10. The molecule has 0 unspecified atom stereocenters. The van der Waals surface area contributed by atoms with Crippen LogP contribution in [0.25, 0.3) is 32.3 Å². The number of anilines is 6. The Morgan fingerprint density at radius 3 is 0.963 bits per heavy atom. The van der Waals surface area contributed by atoms with Crippen LogP contribution in [-0.4, -0.2) is 0 Å². The zero-order chi connectivity index (χ0) is 38.2. The van der Waals surface area contributed by atoms with Crippen LogP contribution in [0.5, 0.6) is 0 Å². The van der Waals surface area contributed by atoms with Gasteiger partial charge < -0.3 is 9.80 Å². The lowest BCUT2D eigenvalue weighted by atomic mass is 9.83. The summed E-state index contributed by atoms with van der Waals surface area (Å²) < 4.78 is 0. The maximum atomic E-state index is 2.53. The summed E-state index contributed by atoms with van der Waals surface area (Å²) in [5.41, 5.74) is 18.5. The molecule has 0 amide bonds. The highest BCUT2D eigenvalue weighted by molar-refractivity contribution is 6.29. The summed E-state index contributed by atoms with van der Waals surface area (Å²) in [6.07, 6.45) is 0. The van der Waals surface area contributed by atoms with E-state index in [4.69, 9.17) is 0 Å². The predicted octanol–water partition coefficient (Wildman–Crippen LogP) is 15.3. The number of rotatable bonds is 6. The highest BCUT2D eigenvalue weighted by atomic mass is 15.2. The molecule has 0 aromatic heterocycles. The lowest BCUT2D eigenvalue weighted by Crippen LogP contribution is -2.17. The topological polar surface area (TPSA) is 6.48 Å². The Labute approximate surface area is 322 Å². The monoisotopic (exact) mass is 704 g/mol. The molecule has 0 aliphatic rings. The maximum Gasteiger partial charge on any atom is 0.0561 e. The molecule has 8 aromatic rings. The van der Waals surface area contributed by atoms with Crippen molar-refractivity contribution in [1.82, 2.24) is 0 Å². The first-order chi connectivity index (χ1) is 25.7. The number of aryl methyl sites for hydroxylation is 8. The Balaban J connectivity index is 1.58. The third-order valence-electron chi connectivity index (χ3n) is 11.4. The molecule has 8 aromatic carbocycles. The van der Waals surface area contributed by atoms with E-state index in [1.165, 1.54) is 117 Å². The molecule has 0 radical (unpaired) electrons. The second-order valence-electron chi connectivity index (χ2n) is 16.9. The van der Waals surface area contributed by atoms with Gasteiger partial charge in [-0.2, -0.15) is 0 Å². The van der Waals surface area contributed by atoms with Gasteiger partial charge >= 0.3 is 0 Å². The number of nitrogens with zero attached hydrogens (tertiary/aromatic N) is 2. The van der Waals surface area contributed by atoms with E-state index in [0.717, 1.165) is 0 Å². The normalized spacial score (nSPS) is 12.0. The van der Waals surface area contributed by atoms with Crippen molar-refractivity contribution in [1.29, 1.82) is 0 Å². The van der Waals surface area contributed by atoms with Gasteiger partial charge in [0.05, 0.1) is 11.4 Å². The minimum atomic E-state index is 0.0340. The van der Waals surface area contributed by atoms with Crippen LogP contribution >= 0.6 is 0 Å². The molecule has 2 heteroatoms. The summed E-state index contributed by atoms with van der Waals surface area (Å²) in [7, 11) is 0. The third-order valence-corrected chi connectivity index (χ3v) is 11.4. The predicted molar refractivity (Wildman–Crippen MR) is 236 cm³/mol. The summed E-state index contributed by atoms with van der Waals surface area (Å²) in [4.78, 5) is 5.06. The first-order valence-corrected chi connectivity index (χ1v) is 19.3. The Bertz CT molecular complexity index is 2460. The molecule has 270 valence electrons. The van der Waals surface area contributed by atoms with Gasteiger partial charge in [-0.15, -0.1) is 0 Å². The third kappa shape index (κ3) is 5.99. The van der Waals surface area contributed by atoms with Gasteiger partial charge in [-0.1, -0.05) is 128 Å². The van der Waals surface area contributed by atoms with Gasteiger partial charge in [0.25, 0.3) is 0 Å². The van der Waals surface area contributed by atoms with Gasteiger partial charge in [-0.25, -0.2) is 0 Å². The largest absolute Gasteiger partial charge is 0.309 e. The van der Waals surface area contributed by atoms with Crippen LogP contribution in [0, 0.1) is 55.4 Å². The van der Waals surface area contributed by atoms with Crippen molar-refractivity contribution in [3.8, 4) is 0 Å². The van der Waals surface area contributed by atoms with Crippen molar-refractivity contribution >= 4 is 66.4 Å². The second-order valence-corrected chi connectivity index (χ2v) is 16.9. The highest BCUT2D eigenvalue weighted by Gasteiger charge is 2.27. The standard InChI is InChI=1S/C52H52N2/c1-31-12-20-44(35(5)24-31)53(45-21-13-32(2)25-36(45)6)48-30-49(54(46-22-14-33(3)26-37(46)7)47-23-15-34(4)27-38(47)8)43-19-17-40-29-41(52(9,10)11)28-39-16-18-42(48)51(43)50(39)40/h12-30H,1-11H3. The van der Waals surface area contributed by atoms with E-state index in [-0.39, 0.29) is 5.41 Å². The smallest absolute Gasteiger partial charge is 0.0561 e. The Morgan fingerprint density at radius 2 is 0.667 bits per heavy atom. The molecule has 2 nitrogen and oxygen atoms in total. The fraction of sp³-hybridized carbons (Fsp3) is 0.231. The number of hydrogen-bond acceptors (Lipinski definition) is 2. The second kappa shape index (κ2) is 13.1. The molecule has 0 bridgehead atoms. The molecule has 0 saturated carbocycles. The van der Waals surface area contributed by atoms with E-state index in [9.17, 15) is 0 Å². The summed E-state index contributed by atoms with van der Waals surface area (Å²) in [5, 5.41) is 7.69. The van der Waals surface area contributed by atoms with Crippen LogP contribution in [0.1, 0.15) is 70.8 Å². The van der Waals surface area contributed by atoms with Crippen LogP contribution in [0.15, 0.2) is 115 Å². The highest BCUT2D eigenvalue weighted by Crippen LogP contribution is 2.52. The summed E-state index contributed by atoms with van der Waals surface area (Å²) in [6.45, 7) is 24.7.